The van der Waals surface area contributed by atoms with E-state index in [0.29, 0.717) is 18.4 Å². The molecule has 2 atom stereocenters. The lowest BCUT2D eigenvalue weighted by Crippen LogP contribution is -2.27. The quantitative estimate of drug-likeness (QED) is 0.839. The van der Waals surface area contributed by atoms with Gasteiger partial charge in [-0.2, -0.15) is 0 Å². The van der Waals surface area contributed by atoms with Gasteiger partial charge in [0.15, 0.2) is 5.78 Å². The maximum Gasteiger partial charge on any atom is 0.306 e. The first-order valence-corrected chi connectivity index (χ1v) is 6.10. The van der Waals surface area contributed by atoms with Crippen LogP contribution in [0.3, 0.4) is 0 Å². The summed E-state index contributed by atoms with van der Waals surface area (Å²) in [5, 5.41) is 8.98. The van der Waals surface area contributed by atoms with E-state index < -0.39 is 11.9 Å². The van der Waals surface area contributed by atoms with Crippen LogP contribution in [0.2, 0.25) is 0 Å². The van der Waals surface area contributed by atoms with Gasteiger partial charge in [0.25, 0.3) is 0 Å². The van der Waals surface area contributed by atoms with Crippen LogP contribution in [0.25, 0.3) is 0 Å². The Morgan fingerprint density at radius 2 is 1.72 bits per heavy atom. The van der Waals surface area contributed by atoms with Crippen molar-refractivity contribution in [2.75, 3.05) is 0 Å². The second-order valence-corrected chi connectivity index (χ2v) is 4.77. The van der Waals surface area contributed by atoms with Gasteiger partial charge >= 0.3 is 5.97 Å². The second-order valence-electron chi connectivity index (χ2n) is 4.77. The van der Waals surface area contributed by atoms with Gasteiger partial charge in [0.1, 0.15) is 5.82 Å². The molecule has 0 aromatic heterocycles. The van der Waals surface area contributed by atoms with Gasteiger partial charge in [-0.3, -0.25) is 9.59 Å². The smallest absolute Gasteiger partial charge is 0.306 e. The molecule has 0 saturated heterocycles. The molecule has 1 N–H and O–H groups in total. The Kier molecular flexibility index (Phi) is 3.75. The Morgan fingerprint density at radius 1 is 1.11 bits per heavy atom. The summed E-state index contributed by atoms with van der Waals surface area (Å²) in [6.07, 6.45) is 2.52. The van der Waals surface area contributed by atoms with Crippen molar-refractivity contribution < 1.29 is 19.1 Å². The summed E-state index contributed by atoms with van der Waals surface area (Å²) >= 11 is 0. The van der Waals surface area contributed by atoms with Gasteiger partial charge in [-0.1, -0.05) is 6.42 Å². The molecular weight excluding hydrogens is 235 g/mol. The van der Waals surface area contributed by atoms with Crippen LogP contribution in [0.15, 0.2) is 24.3 Å². The van der Waals surface area contributed by atoms with E-state index in [1.807, 2.05) is 0 Å². The van der Waals surface area contributed by atoms with Gasteiger partial charge in [-0.15, -0.1) is 0 Å². The average Bonchev–Trinajstić information content (AvgIpc) is 2.39. The zero-order valence-corrected chi connectivity index (χ0v) is 9.93. The van der Waals surface area contributed by atoms with Gasteiger partial charge in [0.2, 0.25) is 0 Å². The number of carbonyl (C=O) groups excluding carboxylic acids is 1. The molecule has 0 unspecified atom stereocenters. The summed E-state index contributed by atoms with van der Waals surface area (Å²) in [4.78, 5) is 23.1. The van der Waals surface area contributed by atoms with Crippen molar-refractivity contribution in [3.05, 3.63) is 35.6 Å². The molecule has 0 bridgehead atoms. The zero-order valence-electron chi connectivity index (χ0n) is 9.93. The first kappa shape index (κ1) is 12.7. The van der Waals surface area contributed by atoms with E-state index in [1.54, 1.807) is 0 Å². The first-order chi connectivity index (χ1) is 8.58. The van der Waals surface area contributed by atoms with Crippen molar-refractivity contribution in [2.45, 2.75) is 25.7 Å². The molecule has 96 valence electrons. The Bertz CT molecular complexity index is 453. The fourth-order valence-corrected chi connectivity index (χ4v) is 2.50. The molecule has 1 aliphatic carbocycles. The van der Waals surface area contributed by atoms with Crippen molar-refractivity contribution in [2.24, 2.45) is 11.8 Å². The van der Waals surface area contributed by atoms with Crippen LogP contribution in [0.5, 0.6) is 0 Å². The van der Waals surface area contributed by atoms with Gasteiger partial charge in [-0.05, 0) is 43.5 Å². The summed E-state index contributed by atoms with van der Waals surface area (Å²) in [6.45, 7) is 0. The molecule has 18 heavy (non-hydrogen) atoms. The van der Waals surface area contributed by atoms with Crippen molar-refractivity contribution >= 4 is 11.8 Å². The SMILES string of the molecule is O=C(O)[C@H]1CCC[C@@H](C(=O)c2ccc(F)cc2)C1. The monoisotopic (exact) mass is 250 g/mol. The van der Waals surface area contributed by atoms with Crippen molar-refractivity contribution in [3.63, 3.8) is 0 Å². The maximum atomic E-state index is 12.8. The number of carboxylic acids is 1. The van der Waals surface area contributed by atoms with Gasteiger partial charge in [0.05, 0.1) is 5.92 Å². The predicted octanol–water partition coefficient (Wildman–Crippen LogP) is 2.90. The molecule has 0 amide bonds. The summed E-state index contributed by atoms with van der Waals surface area (Å²) in [5.74, 6) is -1.94. The van der Waals surface area contributed by atoms with Gasteiger partial charge in [-0.25, -0.2) is 4.39 Å². The highest BCUT2D eigenvalue weighted by Crippen LogP contribution is 2.31. The highest BCUT2D eigenvalue weighted by Gasteiger charge is 2.31. The van der Waals surface area contributed by atoms with Crippen LogP contribution >= 0.6 is 0 Å². The van der Waals surface area contributed by atoms with Crippen LogP contribution in [-0.4, -0.2) is 16.9 Å². The molecule has 1 aliphatic rings. The van der Waals surface area contributed by atoms with E-state index in [4.69, 9.17) is 5.11 Å². The zero-order chi connectivity index (χ0) is 13.1. The first-order valence-electron chi connectivity index (χ1n) is 6.10. The van der Waals surface area contributed by atoms with Crippen LogP contribution in [0.4, 0.5) is 4.39 Å². The molecule has 1 fully saturated rings. The van der Waals surface area contributed by atoms with Crippen molar-refractivity contribution in [3.8, 4) is 0 Å². The number of Topliss-reactive ketones (excluding diaryl/α,β-unsaturated/α-hetero) is 1. The molecule has 1 aromatic carbocycles. The molecule has 2 rings (SSSR count). The van der Waals surface area contributed by atoms with Crippen LogP contribution in [0, 0.1) is 17.7 Å². The molecule has 1 aromatic rings. The molecule has 0 spiro atoms. The minimum absolute atomic E-state index is 0.0686. The normalized spacial score (nSPS) is 23.6. The molecular formula is C14H15FO3. The van der Waals surface area contributed by atoms with Crippen LogP contribution < -0.4 is 0 Å². The number of carbonyl (C=O) groups is 2. The minimum atomic E-state index is -0.827. The third-order valence-electron chi connectivity index (χ3n) is 3.52. The second kappa shape index (κ2) is 5.29. The third-order valence-corrected chi connectivity index (χ3v) is 3.52. The maximum absolute atomic E-state index is 12.8. The summed E-state index contributed by atoms with van der Waals surface area (Å²) in [6, 6.07) is 5.43. The lowest BCUT2D eigenvalue weighted by atomic mass is 9.78. The Labute approximate surface area is 105 Å². The topological polar surface area (TPSA) is 54.4 Å². The lowest BCUT2D eigenvalue weighted by Gasteiger charge is -2.25. The standard InChI is InChI=1S/C14H15FO3/c15-12-6-4-9(5-7-12)13(16)10-2-1-3-11(8-10)14(17)18/h4-7,10-11H,1-3,8H2,(H,17,18)/t10-,11+/m1/s1. The molecule has 0 radical (unpaired) electrons. The summed E-state index contributed by atoms with van der Waals surface area (Å²) in [5.41, 5.74) is 0.465. The number of halogens is 1. The Morgan fingerprint density at radius 3 is 2.33 bits per heavy atom. The summed E-state index contributed by atoms with van der Waals surface area (Å²) < 4.78 is 12.8. The largest absolute Gasteiger partial charge is 0.481 e. The van der Waals surface area contributed by atoms with Crippen molar-refractivity contribution in [1.82, 2.24) is 0 Å². The number of carboxylic acid groups (broad SMARTS) is 1. The van der Waals surface area contributed by atoms with Gasteiger partial charge in [0, 0.05) is 11.5 Å². The van der Waals surface area contributed by atoms with Crippen molar-refractivity contribution in [1.29, 1.82) is 0 Å². The number of benzene rings is 1. The number of hydrogen-bond donors (Lipinski definition) is 1. The molecule has 0 aliphatic heterocycles. The van der Waals surface area contributed by atoms with E-state index in [2.05, 4.69) is 0 Å². The van der Waals surface area contributed by atoms with Crippen LogP contribution in [-0.2, 0) is 4.79 Å². The molecule has 1 saturated carbocycles. The third kappa shape index (κ3) is 2.75. The predicted molar refractivity (Wildman–Crippen MR) is 63.8 cm³/mol. The summed E-state index contributed by atoms with van der Waals surface area (Å²) in [7, 11) is 0. The highest BCUT2D eigenvalue weighted by molar-refractivity contribution is 5.98. The number of rotatable bonds is 3. The molecule has 0 heterocycles. The van der Waals surface area contributed by atoms with E-state index in [-0.39, 0.29) is 17.5 Å². The number of aliphatic carboxylic acids is 1. The van der Waals surface area contributed by atoms with E-state index in [9.17, 15) is 14.0 Å². The fraction of sp³-hybridized carbons (Fsp3) is 0.429. The Hall–Kier alpha value is -1.71. The van der Waals surface area contributed by atoms with Crippen LogP contribution in [0.1, 0.15) is 36.0 Å². The van der Waals surface area contributed by atoms with E-state index >= 15 is 0 Å². The van der Waals surface area contributed by atoms with Gasteiger partial charge < -0.3 is 5.11 Å². The van der Waals surface area contributed by atoms with E-state index in [0.717, 1.165) is 12.8 Å². The van der Waals surface area contributed by atoms with E-state index in [1.165, 1.54) is 24.3 Å². The minimum Gasteiger partial charge on any atom is -0.481 e. The average molecular weight is 250 g/mol. The lowest BCUT2D eigenvalue weighted by molar-refractivity contribution is -0.143. The highest BCUT2D eigenvalue weighted by atomic mass is 19.1. The number of hydrogen-bond acceptors (Lipinski definition) is 2. The molecule has 3 nitrogen and oxygen atoms in total. The number of ketones is 1. The molecule has 4 heteroatoms. The fourth-order valence-electron chi connectivity index (χ4n) is 2.50. The Balaban J connectivity index is 2.09.